The molecule has 0 spiro atoms. The number of aromatic nitrogens is 1. The Morgan fingerprint density at radius 2 is 2.12 bits per heavy atom. The van der Waals surface area contributed by atoms with Crippen LogP contribution in [0.3, 0.4) is 0 Å². The van der Waals surface area contributed by atoms with Crippen molar-refractivity contribution in [2.45, 2.75) is 11.8 Å². The van der Waals surface area contributed by atoms with Crippen molar-refractivity contribution < 1.29 is 18.7 Å². The van der Waals surface area contributed by atoms with Crippen molar-refractivity contribution in [3.8, 4) is 5.75 Å². The zero-order chi connectivity index (χ0) is 16.9. The highest BCUT2D eigenvalue weighted by Crippen LogP contribution is 2.25. The number of hydrogen-bond donors (Lipinski definition) is 0. The molecule has 0 saturated heterocycles. The number of para-hydroxylation sites is 2. The van der Waals surface area contributed by atoms with Crippen molar-refractivity contribution >= 4 is 40.4 Å². The summed E-state index contributed by atoms with van der Waals surface area (Å²) in [6.07, 6.45) is 0. The lowest BCUT2D eigenvalue weighted by atomic mass is 10.2. The van der Waals surface area contributed by atoms with E-state index in [4.69, 9.17) is 25.5 Å². The fraction of sp³-hybridized carbons (Fsp3) is 0.176. The highest BCUT2D eigenvalue weighted by molar-refractivity contribution is 7.99. The average molecular weight is 364 g/mol. The Bertz CT molecular complexity index is 832. The molecule has 24 heavy (non-hydrogen) atoms. The molecule has 5 nitrogen and oxygen atoms in total. The van der Waals surface area contributed by atoms with E-state index < -0.39 is 0 Å². The van der Waals surface area contributed by atoms with Gasteiger partial charge in [-0.05, 0) is 30.3 Å². The molecule has 0 saturated carbocycles. The number of methoxy groups -OCH3 is 1. The fourth-order valence-electron chi connectivity index (χ4n) is 2.09. The summed E-state index contributed by atoms with van der Waals surface area (Å²) in [5.41, 5.74) is 2.17. The minimum absolute atomic E-state index is 0.0939. The molecule has 2 aromatic carbocycles. The van der Waals surface area contributed by atoms with Crippen molar-refractivity contribution in [2.24, 2.45) is 0 Å². The first kappa shape index (κ1) is 16.7. The Labute approximate surface area is 147 Å². The van der Waals surface area contributed by atoms with Gasteiger partial charge in [-0.1, -0.05) is 35.5 Å². The number of thioether (sulfide) groups is 1. The molecule has 0 fully saturated rings. The van der Waals surface area contributed by atoms with Gasteiger partial charge in [0.1, 0.15) is 23.6 Å². The zero-order valence-corrected chi connectivity index (χ0v) is 14.4. The zero-order valence-electron chi connectivity index (χ0n) is 12.8. The van der Waals surface area contributed by atoms with Crippen LogP contribution < -0.4 is 4.74 Å². The normalized spacial score (nSPS) is 10.8. The minimum Gasteiger partial charge on any atom is -0.496 e. The summed E-state index contributed by atoms with van der Waals surface area (Å²) in [6, 6.07) is 12.6. The molecule has 7 heteroatoms. The van der Waals surface area contributed by atoms with Crippen molar-refractivity contribution in [2.75, 3.05) is 12.9 Å². The number of ether oxygens (including phenoxy) is 2. The largest absolute Gasteiger partial charge is 0.496 e. The molecule has 0 N–H and O–H groups in total. The molecule has 1 heterocycles. The third-order valence-corrected chi connectivity index (χ3v) is 4.26. The summed E-state index contributed by atoms with van der Waals surface area (Å²) in [6.45, 7) is 0.0939. The lowest BCUT2D eigenvalue weighted by Gasteiger charge is -2.09. The predicted octanol–water partition coefficient (Wildman–Crippen LogP) is 4.33. The molecule has 0 amide bonds. The van der Waals surface area contributed by atoms with Gasteiger partial charge in [-0.25, -0.2) is 4.98 Å². The van der Waals surface area contributed by atoms with Gasteiger partial charge in [0, 0.05) is 10.6 Å². The van der Waals surface area contributed by atoms with Crippen LogP contribution >= 0.6 is 23.4 Å². The Balaban J connectivity index is 1.55. The Morgan fingerprint density at radius 3 is 2.92 bits per heavy atom. The number of rotatable bonds is 6. The highest BCUT2D eigenvalue weighted by atomic mass is 35.5. The van der Waals surface area contributed by atoms with E-state index in [1.54, 1.807) is 25.3 Å². The lowest BCUT2D eigenvalue weighted by Crippen LogP contribution is -2.08. The van der Waals surface area contributed by atoms with E-state index >= 15 is 0 Å². The standard InChI is InChI=1S/C17H14ClNO4S/c1-21-14-7-6-12(18)8-11(14)9-22-16(20)10-24-17-19-13-4-2-3-5-15(13)23-17/h2-8H,9-10H2,1H3. The van der Waals surface area contributed by atoms with E-state index in [1.165, 1.54) is 11.8 Å². The van der Waals surface area contributed by atoms with Gasteiger partial charge in [0.05, 0.1) is 7.11 Å². The van der Waals surface area contributed by atoms with Crippen LogP contribution in [0.25, 0.3) is 11.1 Å². The van der Waals surface area contributed by atoms with Gasteiger partial charge in [-0.2, -0.15) is 0 Å². The van der Waals surface area contributed by atoms with Crippen LogP contribution in [0.2, 0.25) is 5.02 Å². The van der Waals surface area contributed by atoms with Crippen molar-refractivity contribution in [1.29, 1.82) is 0 Å². The molecule has 0 aliphatic rings. The van der Waals surface area contributed by atoms with Gasteiger partial charge >= 0.3 is 5.97 Å². The van der Waals surface area contributed by atoms with Crippen LogP contribution in [0.15, 0.2) is 52.1 Å². The number of hydrogen-bond acceptors (Lipinski definition) is 6. The van der Waals surface area contributed by atoms with E-state index in [0.29, 0.717) is 27.1 Å². The highest BCUT2D eigenvalue weighted by Gasteiger charge is 2.11. The smallest absolute Gasteiger partial charge is 0.316 e. The monoisotopic (exact) mass is 363 g/mol. The van der Waals surface area contributed by atoms with Crippen LogP contribution in [-0.2, 0) is 16.1 Å². The maximum absolute atomic E-state index is 11.9. The molecule has 124 valence electrons. The summed E-state index contributed by atoms with van der Waals surface area (Å²) in [7, 11) is 1.55. The molecular formula is C17H14ClNO4S. The molecular weight excluding hydrogens is 350 g/mol. The van der Waals surface area contributed by atoms with Crippen LogP contribution in [0.5, 0.6) is 5.75 Å². The number of carbonyl (C=O) groups excluding carboxylic acids is 1. The maximum atomic E-state index is 11.9. The minimum atomic E-state index is -0.371. The Hall–Kier alpha value is -2.18. The second kappa shape index (κ2) is 7.59. The van der Waals surface area contributed by atoms with Gasteiger partial charge in [-0.3, -0.25) is 4.79 Å². The summed E-state index contributed by atoms with van der Waals surface area (Å²) in [5.74, 6) is 0.360. The van der Waals surface area contributed by atoms with Gasteiger partial charge in [0.15, 0.2) is 5.58 Å². The molecule has 3 aromatic rings. The first-order valence-corrected chi connectivity index (χ1v) is 8.48. The quantitative estimate of drug-likeness (QED) is 0.480. The third-order valence-electron chi connectivity index (χ3n) is 3.22. The molecule has 0 aliphatic heterocycles. The first-order valence-electron chi connectivity index (χ1n) is 7.12. The van der Waals surface area contributed by atoms with Gasteiger partial charge < -0.3 is 13.9 Å². The second-order valence-corrected chi connectivity index (χ2v) is 6.22. The lowest BCUT2D eigenvalue weighted by molar-refractivity contribution is -0.141. The van der Waals surface area contributed by atoms with Crippen molar-refractivity contribution in [3.63, 3.8) is 0 Å². The predicted molar refractivity (Wildman–Crippen MR) is 92.5 cm³/mol. The number of halogens is 1. The average Bonchev–Trinajstić information content (AvgIpc) is 3.01. The number of oxazole rings is 1. The number of benzene rings is 2. The van der Waals surface area contributed by atoms with Crippen LogP contribution in [0.1, 0.15) is 5.56 Å². The number of carbonyl (C=O) groups is 1. The van der Waals surface area contributed by atoms with Crippen LogP contribution in [-0.4, -0.2) is 23.8 Å². The van der Waals surface area contributed by atoms with Crippen molar-refractivity contribution in [3.05, 3.63) is 53.1 Å². The third kappa shape index (κ3) is 4.01. The van der Waals surface area contributed by atoms with Gasteiger partial charge in [0.25, 0.3) is 5.22 Å². The molecule has 0 atom stereocenters. The summed E-state index contributed by atoms with van der Waals surface area (Å²) in [5, 5.41) is 0.996. The number of fused-ring (bicyclic) bond motifs is 1. The van der Waals surface area contributed by atoms with E-state index in [0.717, 1.165) is 5.52 Å². The Morgan fingerprint density at radius 1 is 1.29 bits per heavy atom. The number of esters is 1. The summed E-state index contributed by atoms with van der Waals surface area (Å²) < 4.78 is 16.0. The first-order chi connectivity index (χ1) is 11.7. The summed E-state index contributed by atoms with van der Waals surface area (Å²) in [4.78, 5) is 16.2. The maximum Gasteiger partial charge on any atom is 0.316 e. The van der Waals surface area contributed by atoms with E-state index in [9.17, 15) is 4.79 Å². The van der Waals surface area contributed by atoms with Gasteiger partial charge in [-0.15, -0.1) is 0 Å². The molecule has 0 unspecified atom stereocenters. The molecule has 0 radical (unpaired) electrons. The topological polar surface area (TPSA) is 61.6 Å². The fourth-order valence-corrected chi connectivity index (χ4v) is 2.92. The Kier molecular flexibility index (Phi) is 5.27. The summed E-state index contributed by atoms with van der Waals surface area (Å²) >= 11 is 7.14. The molecule has 3 rings (SSSR count). The van der Waals surface area contributed by atoms with E-state index in [2.05, 4.69) is 4.98 Å². The molecule has 1 aromatic heterocycles. The molecule has 0 bridgehead atoms. The second-order valence-electron chi connectivity index (χ2n) is 4.85. The van der Waals surface area contributed by atoms with Crippen molar-refractivity contribution in [1.82, 2.24) is 4.98 Å². The van der Waals surface area contributed by atoms with Gasteiger partial charge in [0.2, 0.25) is 0 Å². The number of nitrogens with zero attached hydrogens (tertiary/aromatic N) is 1. The van der Waals surface area contributed by atoms with E-state index in [-0.39, 0.29) is 18.3 Å². The van der Waals surface area contributed by atoms with Crippen LogP contribution in [0, 0.1) is 0 Å². The van der Waals surface area contributed by atoms with Crippen LogP contribution in [0.4, 0.5) is 0 Å². The molecule has 0 aliphatic carbocycles. The SMILES string of the molecule is COc1ccc(Cl)cc1COC(=O)CSc1nc2ccccc2o1. The van der Waals surface area contributed by atoms with E-state index in [1.807, 2.05) is 24.3 Å².